The summed E-state index contributed by atoms with van der Waals surface area (Å²) in [5.41, 5.74) is 0.834. The van der Waals surface area contributed by atoms with E-state index in [-0.39, 0.29) is 17.9 Å². The number of rotatable bonds is 3. The van der Waals surface area contributed by atoms with Crippen LogP contribution < -0.4 is 5.32 Å². The highest BCUT2D eigenvalue weighted by Crippen LogP contribution is 2.24. The number of aromatic nitrogens is 1. The Labute approximate surface area is 142 Å². The summed E-state index contributed by atoms with van der Waals surface area (Å²) in [5.74, 6) is 0.0641. The van der Waals surface area contributed by atoms with E-state index in [0.29, 0.717) is 31.0 Å². The third kappa shape index (κ3) is 4.49. The minimum Gasteiger partial charge on any atom is -0.460 e. The summed E-state index contributed by atoms with van der Waals surface area (Å²) < 4.78 is 10.6. The molecule has 1 aliphatic heterocycles. The molecule has 0 spiro atoms. The van der Waals surface area contributed by atoms with Gasteiger partial charge in [-0.25, -0.2) is 4.79 Å². The minimum atomic E-state index is -0.517. The van der Waals surface area contributed by atoms with E-state index in [1.165, 1.54) is 0 Å². The number of carbonyl (C=O) groups excluding carboxylic acids is 2. The number of aryl methyl sites for hydroxylation is 2. The Balaban J connectivity index is 2.00. The summed E-state index contributed by atoms with van der Waals surface area (Å²) in [4.78, 5) is 26.4. The molecule has 24 heavy (non-hydrogen) atoms. The van der Waals surface area contributed by atoms with Crippen LogP contribution in [0.15, 0.2) is 4.52 Å². The first-order valence-electron chi connectivity index (χ1n) is 8.45. The highest BCUT2D eigenvalue weighted by atomic mass is 16.6. The summed E-state index contributed by atoms with van der Waals surface area (Å²) in [6.07, 6.45) is 2.19. The normalized spacial score (nSPS) is 18.4. The van der Waals surface area contributed by atoms with Gasteiger partial charge in [0.2, 0.25) is 0 Å². The summed E-state index contributed by atoms with van der Waals surface area (Å²) >= 11 is 0. The fraction of sp³-hybridized carbons (Fsp3) is 0.706. The molecule has 1 atom stereocenters. The number of piperidine rings is 1. The molecule has 1 aliphatic rings. The molecule has 2 amide bonds. The second kappa shape index (κ2) is 7.23. The largest absolute Gasteiger partial charge is 0.460 e. The van der Waals surface area contributed by atoms with Crippen molar-refractivity contribution in [3.05, 3.63) is 11.5 Å². The highest BCUT2D eigenvalue weighted by molar-refractivity contribution is 5.91. The topological polar surface area (TPSA) is 84.7 Å². The summed E-state index contributed by atoms with van der Waals surface area (Å²) in [6, 6.07) is -0.232. The van der Waals surface area contributed by atoms with Gasteiger partial charge in [0.25, 0.3) is 0 Å². The van der Waals surface area contributed by atoms with Gasteiger partial charge in [-0.05, 0) is 47.0 Å². The lowest BCUT2D eigenvalue weighted by Gasteiger charge is -2.33. The molecule has 1 aromatic rings. The van der Waals surface area contributed by atoms with E-state index in [4.69, 9.17) is 9.26 Å². The van der Waals surface area contributed by atoms with E-state index in [9.17, 15) is 9.59 Å². The number of esters is 1. The van der Waals surface area contributed by atoms with E-state index >= 15 is 0 Å². The lowest BCUT2D eigenvalue weighted by atomic mass is 9.98. The molecule has 0 bridgehead atoms. The van der Waals surface area contributed by atoms with E-state index in [0.717, 1.165) is 18.5 Å². The molecule has 0 radical (unpaired) electrons. The number of nitrogens with zero attached hydrogens (tertiary/aromatic N) is 2. The fourth-order valence-corrected chi connectivity index (χ4v) is 2.74. The van der Waals surface area contributed by atoms with E-state index in [2.05, 4.69) is 10.5 Å². The summed E-state index contributed by atoms with van der Waals surface area (Å²) in [6.45, 7) is 10.2. The Morgan fingerprint density at radius 3 is 2.75 bits per heavy atom. The van der Waals surface area contributed by atoms with Crippen molar-refractivity contribution in [1.29, 1.82) is 0 Å². The van der Waals surface area contributed by atoms with Gasteiger partial charge in [0.1, 0.15) is 17.0 Å². The maximum Gasteiger partial charge on any atom is 0.322 e. The first-order valence-corrected chi connectivity index (χ1v) is 8.45. The molecular weight excluding hydrogens is 310 g/mol. The van der Waals surface area contributed by atoms with E-state index in [1.54, 1.807) is 11.8 Å². The van der Waals surface area contributed by atoms with E-state index < -0.39 is 5.60 Å². The molecule has 1 saturated heterocycles. The first kappa shape index (κ1) is 18.3. The van der Waals surface area contributed by atoms with Gasteiger partial charge in [-0.15, -0.1) is 0 Å². The molecular formula is C17H27N3O4. The quantitative estimate of drug-likeness (QED) is 0.857. The number of hydrogen-bond acceptors (Lipinski definition) is 5. The van der Waals surface area contributed by atoms with Crippen LogP contribution in [0.25, 0.3) is 0 Å². The second-order valence-electron chi connectivity index (χ2n) is 7.16. The molecule has 1 fully saturated rings. The molecule has 1 aromatic heterocycles. The van der Waals surface area contributed by atoms with Crippen molar-refractivity contribution >= 4 is 17.7 Å². The minimum absolute atomic E-state index is 0.232. The standard InChI is InChI=1S/C17H27N3O4/c1-6-13-14(11(2)24-19-13)18-16(22)20-9-7-8-12(10-20)15(21)23-17(3,4)5/h12H,6-10H2,1-5H3,(H,18,22). The zero-order valence-corrected chi connectivity index (χ0v) is 15.1. The molecule has 1 unspecified atom stereocenters. The van der Waals surface area contributed by atoms with Crippen molar-refractivity contribution in [2.24, 2.45) is 5.92 Å². The molecule has 0 saturated carbocycles. The van der Waals surface area contributed by atoms with Gasteiger partial charge in [-0.2, -0.15) is 0 Å². The lowest BCUT2D eigenvalue weighted by Crippen LogP contribution is -2.45. The number of carbonyl (C=O) groups is 2. The number of hydrogen-bond donors (Lipinski definition) is 1. The Bertz CT molecular complexity index is 603. The molecule has 134 valence electrons. The smallest absolute Gasteiger partial charge is 0.322 e. The van der Waals surface area contributed by atoms with Gasteiger partial charge in [-0.1, -0.05) is 12.1 Å². The zero-order valence-electron chi connectivity index (χ0n) is 15.1. The second-order valence-corrected chi connectivity index (χ2v) is 7.16. The van der Waals surface area contributed by atoms with Crippen LogP contribution in [0.5, 0.6) is 0 Å². The van der Waals surface area contributed by atoms with Gasteiger partial charge in [0, 0.05) is 13.1 Å². The van der Waals surface area contributed by atoms with Gasteiger partial charge in [0.15, 0.2) is 5.76 Å². The summed E-state index contributed by atoms with van der Waals surface area (Å²) in [5, 5.41) is 6.80. The van der Waals surface area contributed by atoms with Crippen LogP contribution in [-0.4, -0.2) is 40.7 Å². The Morgan fingerprint density at radius 1 is 1.42 bits per heavy atom. The van der Waals surface area contributed by atoms with Crippen molar-refractivity contribution in [1.82, 2.24) is 10.1 Å². The zero-order chi connectivity index (χ0) is 17.9. The molecule has 1 N–H and O–H groups in total. The first-order chi connectivity index (χ1) is 11.2. The van der Waals surface area contributed by atoms with Crippen LogP contribution in [-0.2, 0) is 16.0 Å². The van der Waals surface area contributed by atoms with E-state index in [1.807, 2.05) is 27.7 Å². The molecule has 7 heteroatoms. The summed E-state index contributed by atoms with van der Waals surface area (Å²) in [7, 11) is 0. The van der Waals surface area contributed by atoms with Crippen LogP contribution in [0.1, 0.15) is 52.0 Å². The van der Waals surface area contributed by atoms with Crippen LogP contribution in [0.3, 0.4) is 0 Å². The number of nitrogens with one attached hydrogen (secondary N) is 1. The maximum atomic E-state index is 12.5. The predicted octanol–water partition coefficient (Wildman–Crippen LogP) is 3.13. The highest BCUT2D eigenvalue weighted by Gasteiger charge is 2.32. The van der Waals surface area contributed by atoms with Crippen molar-refractivity contribution in [2.45, 2.75) is 59.5 Å². The molecule has 0 aliphatic carbocycles. The predicted molar refractivity (Wildman–Crippen MR) is 89.8 cm³/mol. The maximum absolute atomic E-state index is 12.5. The Kier molecular flexibility index (Phi) is 5.51. The fourth-order valence-electron chi connectivity index (χ4n) is 2.74. The number of urea groups is 1. The number of likely N-dealkylation sites (tertiary alicyclic amines) is 1. The van der Waals surface area contributed by atoms with Gasteiger partial charge < -0.3 is 19.5 Å². The third-order valence-electron chi connectivity index (χ3n) is 3.95. The number of ether oxygens (including phenoxy) is 1. The van der Waals surface area contributed by atoms with Crippen molar-refractivity contribution in [2.75, 3.05) is 18.4 Å². The molecule has 0 aromatic carbocycles. The van der Waals surface area contributed by atoms with Crippen LogP contribution in [0.2, 0.25) is 0 Å². The SMILES string of the molecule is CCc1noc(C)c1NC(=O)N1CCCC(C(=O)OC(C)(C)C)C1. The number of amides is 2. The average molecular weight is 337 g/mol. The molecule has 2 heterocycles. The average Bonchev–Trinajstić information content (AvgIpc) is 2.86. The lowest BCUT2D eigenvalue weighted by molar-refractivity contribution is -0.161. The van der Waals surface area contributed by atoms with Crippen LogP contribution in [0.4, 0.5) is 10.5 Å². The third-order valence-corrected chi connectivity index (χ3v) is 3.95. The molecule has 2 rings (SSSR count). The van der Waals surface area contributed by atoms with Crippen LogP contribution >= 0.6 is 0 Å². The van der Waals surface area contributed by atoms with Crippen molar-refractivity contribution in [3.8, 4) is 0 Å². The van der Waals surface area contributed by atoms with Gasteiger partial charge in [-0.3, -0.25) is 4.79 Å². The van der Waals surface area contributed by atoms with Crippen molar-refractivity contribution < 1.29 is 18.8 Å². The Hall–Kier alpha value is -2.05. The Morgan fingerprint density at radius 2 is 2.12 bits per heavy atom. The van der Waals surface area contributed by atoms with Crippen molar-refractivity contribution in [3.63, 3.8) is 0 Å². The van der Waals surface area contributed by atoms with Crippen LogP contribution in [0, 0.1) is 12.8 Å². The monoisotopic (exact) mass is 337 g/mol. The van der Waals surface area contributed by atoms with Gasteiger partial charge >= 0.3 is 12.0 Å². The molecule has 7 nitrogen and oxygen atoms in total. The van der Waals surface area contributed by atoms with Gasteiger partial charge in [0.05, 0.1) is 5.92 Å². The number of anilines is 1.